The van der Waals surface area contributed by atoms with Crippen molar-refractivity contribution in [3.8, 4) is 0 Å². The second-order valence-corrected chi connectivity index (χ2v) is 3.89. The number of benzene rings is 1. The number of aryl methyl sites for hydroxylation is 1. The van der Waals surface area contributed by atoms with Crippen molar-refractivity contribution in [3.05, 3.63) is 40.7 Å². The molecule has 0 amide bonds. The number of halogens is 1. The third-order valence-electron chi connectivity index (χ3n) is 2.96. The Labute approximate surface area is 93.7 Å². The van der Waals surface area contributed by atoms with Crippen molar-refractivity contribution in [1.82, 2.24) is 0 Å². The van der Waals surface area contributed by atoms with Crippen molar-refractivity contribution >= 4 is 11.5 Å². The maximum atomic E-state index is 13.4. The van der Waals surface area contributed by atoms with Gasteiger partial charge in [0.1, 0.15) is 5.83 Å². The SMILES string of the molecule is COC(=O)c1ccc2c(c1)C(C)=C(F)CC2. The molecule has 1 aromatic rings. The zero-order valence-corrected chi connectivity index (χ0v) is 9.34. The van der Waals surface area contributed by atoms with E-state index in [0.29, 0.717) is 24.0 Å². The fraction of sp³-hybridized carbons (Fsp3) is 0.308. The van der Waals surface area contributed by atoms with Crippen molar-refractivity contribution in [1.29, 1.82) is 0 Å². The first-order valence-corrected chi connectivity index (χ1v) is 5.20. The van der Waals surface area contributed by atoms with Gasteiger partial charge in [-0.25, -0.2) is 9.18 Å². The highest BCUT2D eigenvalue weighted by Crippen LogP contribution is 2.32. The van der Waals surface area contributed by atoms with Crippen LogP contribution in [0.25, 0.3) is 5.57 Å². The maximum Gasteiger partial charge on any atom is 0.337 e. The summed E-state index contributed by atoms with van der Waals surface area (Å²) >= 11 is 0. The molecule has 0 spiro atoms. The molecule has 1 aliphatic carbocycles. The van der Waals surface area contributed by atoms with Gasteiger partial charge < -0.3 is 4.74 Å². The summed E-state index contributed by atoms with van der Waals surface area (Å²) in [5.74, 6) is -0.476. The summed E-state index contributed by atoms with van der Waals surface area (Å²) in [6, 6.07) is 5.30. The van der Waals surface area contributed by atoms with Crippen LogP contribution in [0, 0.1) is 0 Å². The Morgan fingerprint density at radius 2 is 2.12 bits per heavy atom. The first-order valence-electron chi connectivity index (χ1n) is 5.20. The lowest BCUT2D eigenvalue weighted by Crippen LogP contribution is -2.06. The van der Waals surface area contributed by atoms with E-state index < -0.39 is 0 Å². The molecule has 0 fully saturated rings. The third kappa shape index (κ3) is 1.73. The molecule has 2 rings (SSSR count). The largest absolute Gasteiger partial charge is 0.465 e. The van der Waals surface area contributed by atoms with Crippen LogP contribution >= 0.6 is 0 Å². The highest BCUT2D eigenvalue weighted by molar-refractivity contribution is 5.91. The Morgan fingerprint density at radius 3 is 2.81 bits per heavy atom. The molecule has 2 nitrogen and oxygen atoms in total. The molecular weight excluding hydrogens is 207 g/mol. The van der Waals surface area contributed by atoms with Gasteiger partial charge in [-0.05, 0) is 42.2 Å². The molecule has 84 valence electrons. The normalized spacial score (nSPS) is 14.7. The van der Waals surface area contributed by atoms with E-state index in [1.165, 1.54) is 7.11 Å². The standard InChI is InChI=1S/C13H13FO2/c1-8-11-7-10(13(15)16-2)4-3-9(11)5-6-12(8)14/h3-4,7H,5-6H2,1-2H3. The van der Waals surface area contributed by atoms with Gasteiger partial charge in [0.2, 0.25) is 0 Å². The predicted molar refractivity (Wildman–Crippen MR) is 59.8 cm³/mol. The molecular formula is C13H13FO2. The van der Waals surface area contributed by atoms with Gasteiger partial charge in [-0.1, -0.05) is 6.07 Å². The topological polar surface area (TPSA) is 26.3 Å². The van der Waals surface area contributed by atoms with Crippen molar-refractivity contribution in [2.75, 3.05) is 7.11 Å². The zero-order chi connectivity index (χ0) is 11.7. The predicted octanol–water partition coefficient (Wildman–Crippen LogP) is 3.12. The number of hydrogen-bond donors (Lipinski definition) is 0. The Balaban J connectivity index is 2.50. The Hall–Kier alpha value is -1.64. The van der Waals surface area contributed by atoms with Gasteiger partial charge in [-0.15, -0.1) is 0 Å². The van der Waals surface area contributed by atoms with Gasteiger partial charge in [0, 0.05) is 6.42 Å². The first-order chi connectivity index (χ1) is 7.63. The van der Waals surface area contributed by atoms with Crippen LogP contribution in [-0.2, 0) is 11.2 Å². The van der Waals surface area contributed by atoms with Crippen molar-refractivity contribution in [2.45, 2.75) is 19.8 Å². The molecule has 0 N–H and O–H groups in total. The fourth-order valence-corrected chi connectivity index (χ4v) is 1.97. The van der Waals surface area contributed by atoms with Crippen LogP contribution in [0.5, 0.6) is 0 Å². The van der Waals surface area contributed by atoms with Crippen LogP contribution in [0.4, 0.5) is 4.39 Å². The number of esters is 1. The summed E-state index contributed by atoms with van der Waals surface area (Å²) in [6.45, 7) is 1.74. The first kappa shape index (κ1) is 10.9. The van der Waals surface area contributed by atoms with Gasteiger partial charge in [0.15, 0.2) is 0 Å². The zero-order valence-electron chi connectivity index (χ0n) is 9.34. The lowest BCUT2D eigenvalue weighted by Gasteiger charge is -2.17. The summed E-state index contributed by atoms with van der Waals surface area (Å²) in [7, 11) is 1.34. The highest BCUT2D eigenvalue weighted by Gasteiger charge is 2.17. The Morgan fingerprint density at radius 1 is 1.38 bits per heavy atom. The summed E-state index contributed by atoms with van der Waals surface area (Å²) < 4.78 is 18.1. The van der Waals surface area contributed by atoms with E-state index in [4.69, 9.17) is 0 Å². The number of ether oxygens (including phenoxy) is 1. The summed E-state index contributed by atoms with van der Waals surface area (Å²) in [5, 5.41) is 0. The number of allylic oxidation sites excluding steroid dienone is 2. The highest BCUT2D eigenvalue weighted by atomic mass is 19.1. The van der Waals surface area contributed by atoms with Crippen molar-refractivity contribution in [2.24, 2.45) is 0 Å². The fourth-order valence-electron chi connectivity index (χ4n) is 1.97. The van der Waals surface area contributed by atoms with E-state index in [-0.39, 0.29) is 11.8 Å². The number of hydrogen-bond acceptors (Lipinski definition) is 2. The molecule has 1 aliphatic rings. The van der Waals surface area contributed by atoms with Crippen LogP contribution in [0.3, 0.4) is 0 Å². The monoisotopic (exact) mass is 220 g/mol. The average molecular weight is 220 g/mol. The summed E-state index contributed by atoms with van der Waals surface area (Å²) in [4.78, 5) is 11.4. The molecule has 16 heavy (non-hydrogen) atoms. The Bertz CT molecular complexity index is 475. The molecule has 0 bridgehead atoms. The number of rotatable bonds is 1. The maximum absolute atomic E-state index is 13.4. The summed E-state index contributed by atoms with van der Waals surface area (Å²) in [5.41, 5.74) is 3.01. The molecule has 0 heterocycles. The Kier molecular flexibility index (Phi) is 2.77. The molecule has 0 radical (unpaired) electrons. The van der Waals surface area contributed by atoms with E-state index in [1.54, 1.807) is 19.1 Å². The molecule has 0 aromatic heterocycles. The van der Waals surface area contributed by atoms with Gasteiger partial charge in [-0.2, -0.15) is 0 Å². The second-order valence-electron chi connectivity index (χ2n) is 3.89. The molecule has 0 saturated carbocycles. The van der Waals surface area contributed by atoms with Crippen molar-refractivity contribution in [3.63, 3.8) is 0 Å². The average Bonchev–Trinajstić information content (AvgIpc) is 2.32. The van der Waals surface area contributed by atoms with Crippen molar-refractivity contribution < 1.29 is 13.9 Å². The number of carbonyl (C=O) groups excluding carboxylic acids is 1. The molecule has 0 saturated heterocycles. The van der Waals surface area contributed by atoms with Gasteiger partial charge in [0.25, 0.3) is 0 Å². The number of methoxy groups -OCH3 is 1. The minimum absolute atomic E-state index is 0.0884. The molecule has 1 aromatic carbocycles. The van der Waals surface area contributed by atoms with Gasteiger partial charge in [-0.3, -0.25) is 0 Å². The minimum Gasteiger partial charge on any atom is -0.465 e. The summed E-state index contributed by atoms with van der Waals surface area (Å²) in [6.07, 6.45) is 1.15. The minimum atomic E-state index is -0.387. The second kappa shape index (κ2) is 4.08. The van der Waals surface area contributed by atoms with Crippen LogP contribution in [-0.4, -0.2) is 13.1 Å². The van der Waals surface area contributed by atoms with Crippen LogP contribution < -0.4 is 0 Å². The molecule has 0 atom stereocenters. The van der Waals surface area contributed by atoms with E-state index in [0.717, 1.165) is 11.1 Å². The number of fused-ring (bicyclic) bond motifs is 1. The lowest BCUT2D eigenvalue weighted by atomic mass is 9.89. The van der Waals surface area contributed by atoms with Crippen LogP contribution in [0.1, 0.15) is 34.8 Å². The van der Waals surface area contributed by atoms with E-state index >= 15 is 0 Å². The van der Waals surface area contributed by atoms with E-state index in [9.17, 15) is 9.18 Å². The quantitative estimate of drug-likeness (QED) is 0.680. The molecule has 3 heteroatoms. The van der Waals surface area contributed by atoms with Gasteiger partial charge in [0.05, 0.1) is 12.7 Å². The lowest BCUT2D eigenvalue weighted by molar-refractivity contribution is 0.0600. The number of carbonyl (C=O) groups is 1. The van der Waals surface area contributed by atoms with Crippen LogP contribution in [0.2, 0.25) is 0 Å². The van der Waals surface area contributed by atoms with Gasteiger partial charge >= 0.3 is 5.97 Å². The molecule has 0 aliphatic heterocycles. The van der Waals surface area contributed by atoms with Crippen LogP contribution in [0.15, 0.2) is 24.0 Å². The third-order valence-corrected chi connectivity index (χ3v) is 2.96. The van der Waals surface area contributed by atoms with E-state index in [1.807, 2.05) is 6.07 Å². The smallest absolute Gasteiger partial charge is 0.337 e. The van der Waals surface area contributed by atoms with E-state index in [2.05, 4.69) is 4.74 Å². The molecule has 0 unspecified atom stereocenters.